The lowest BCUT2D eigenvalue weighted by molar-refractivity contribution is -0.0290. The van der Waals surface area contributed by atoms with E-state index in [0.717, 1.165) is 31.2 Å². The van der Waals surface area contributed by atoms with Crippen LogP contribution in [0.25, 0.3) is 0 Å². The number of hydrogen-bond acceptors (Lipinski definition) is 3. The van der Waals surface area contributed by atoms with Crippen molar-refractivity contribution < 1.29 is 14.9 Å². The van der Waals surface area contributed by atoms with Crippen molar-refractivity contribution in [3.63, 3.8) is 0 Å². The van der Waals surface area contributed by atoms with Gasteiger partial charge in [-0.05, 0) is 31.2 Å². The Kier molecular flexibility index (Phi) is 11.3. The number of benzene rings is 1. The fourth-order valence-electron chi connectivity index (χ4n) is 2.30. The quantitative estimate of drug-likeness (QED) is 0.483. The highest BCUT2D eigenvalue weighted by atomic mass is 16.5. The molecule has 23 heavy (non-hydrogen) atoms. The molecule has 0 aliphatic rings. The van der Waals surface area contributed by atoms with Gasteiger partial charge in [-0.25, -0.2) is 0 Å². The van der Waals surface area contributed by atoms with Crippen LogP contribution in [0.4, 0.5) is 0 Å². The van der Waals surface area contributed by atoms with Crippen LogP contribution in [0, 0.1) is 11.8 Å². The number of rotatable bonds is 11. The summed E-state index contributed by atoms with van der Waals surface area (Å²) in [6.07, 6.45) is 5.44. The van der Waals surface area contributed by atoms with Gasteiger partial charge in [0.1, 0.15) is 6.10 Å². The number of hydrogen-bond donors (Lipinski definition) is 2. The summed E-state index contributed by atoms with van der Waals surface area (Å²) >= 11 is 0. The van der Waals surface area contributed by atoms with E-state index in [2.05, 4.69) is 18.8 Å². The van der Waals surface area contributed by atoms with Crippen molar-refractivity contribution in [3.05, 3.63) is 35.9 Å². The largest absolute Gasteiger partial charge is 0.396 e. The van der Waals surface area contributed by atoms with Gasteiger partial charge >= 0.3 is 0 Å². The molecule has 0 aliphatic heterocycles. The number of unbranched alkanes of at least 4 members (excludes halogenated alkanes) is 4. The van der Waals surface area contributed by atoms with Crippen LogP contribution < -0.4 is 0 Å². The van der Waals surface area contributed by atoms with Gasteiger partial charge in [0.15, 0.2) is 0 Å². The van der Waals surface area contributed by atoms with Crippen molar-refractivity contribution in [2.24, 2.45) is 0 Å². The molecule has 1 aromatic carbocycles. The highest BCUT2D eigenvalue weighted by Crippen LogP contribution is 2.13. The minimum Gasteiger partial charge on any atom is -0.396 e. The third kappa shape index (κ3) is 9.40. The van der Waals surface area contributed by atoms with Gasteiger partial charge in [0.05, 0.1) is 12.7 Å². The third-order valence-corrected chi connectivity index (χ3v) is 3.71. The number of aliphatic hydroxyl groups is 2. The Labute approximate surface area is 140 Å². The second-order valence-electron chi connectivity index (χ2n) is 5.78. The first-order valence-electron chi connectivity index (χ1n) is 8.70. The molecule has 0 fully saturated rings. The molecular weight excluding hydrogens is 288 g/mol. The van der Waals surface area contributed by atoms with Crippen molar-refractivity contribution >= 4 is 0 Å². The zero-order valence-corrected chi connectivity index (χ0v) is 14.2. The van der Waals surface area contributed by atoms with Crippen molar-refractivity contribution in [2.45, 2.75) is 70.7 Å². The molecule has 0 bridgehead atoms. The van der Waals surface area contributed by atoms with Gasteiger partial charge < -0.3 is 14.9 Å². The molecule has 1 aromatic rings. The Morgan fingerprint density at radius 1 is 1.09 bits per heavy atom. The van der Waals surface area contributed by atoms with Crippen LogP contribution in [0.3, 0.4) is 0 Å². The van der Waals surface area contributed by atoms with E-state index in [1.165, 1.54) is 12.8 Å². The summed E-state index contributed by atoms with van der Waals surface area (Å²) in [6.45, 7) is 2.81. The smallest absolute Gasteiger partial charge is 0.140 e. The molecule has 0 aliphatic carbocycles. The minimum absolute atomic E-state index is 0.171. The molecule has 2 unspecified atom stereocenters. The van der Waals surface area contributed by atoms with Crippen LogP contribution in [0.15, 0.2) is 30.3 Å². The number of aliphatic hydroxyl groups excluding tert-OH is 2. The summed E-state index contributed by atoms with van der Waals surface area (Å²) in [6, 6.07) is 9.94. The third-order valence-electron chi connectivity index (χ3n) is 3.71. The summed E-state index contributed by atoms with van der Waals surface area (Å²) in [4.78, 5) is 0. The molecule has 0 spiro atoms. The minimum atomic E-state index is -0.765. The van der Waals surface area contributed by atoms with Gasteiger partial charge in [-0.1, -0.05) is 56.0 Å². The van der Waals surface area contributed by atoms with Crippen LogP contribution >= 0.6 is 0 Å². The Morgan fingerprint density at radius 3 is 2.57 bits per heavy atom. The van der Waals surface area contributed by atoms with Gasteiger partial charge in [0.25, 0.3) is 0 Å². The van der Waals surface area contributed by atoms with E-state index in [1.807, 2.05) is 30.3 Å². The average molecular weight is 318 g/mol. The van der Waals surface area contributed by atoms with E-state index in [0.29, 0.717) is 13.0 Å². The van der Waals surface area contributed by atoms with Crippen LogP contribution in [0.1, 0.15) is 57.4 Å². The Balaban J connectivity index is 2.48. The fourth-order valence-corrected chi connectivity index (χ4v) is 2.30. The maximum absolute atomic E-state index is 10.3. The van der Waals surface area contributed by atoms with E-state index in [4.69, 9.17) is 9.84 Å². The van der Waals surface area contributed by atoms with E-state index >= 15 is 0 Å². The first-order valence-corrected chi connectivity index (χ1v) is 8.70. The maximum Gasteiger partial charge on any atom is 0.140 e. The van der Waals surface area contributed by atoms with E-state index in [9.17, 15) is 5.11 Å². The zero-order chi connectivity index (χ0) is 16.8. The summed E-state index contributed by atoms with van der Waals surface area (Å²) < 4.78 is 5.88. The fraction of sp³-hybridized carbons (Fsp3) is 0.600. The Hall–Kier alpha value is -1.34. The van der Waals surface area contributed by atoms with Crippen LogP contribution in [0.2, 0.25) is 0 Å². The van der Waals surface area contributed by atoms with Gasteiger partial charge in [0.2, 0.25) is 0 Å². The zero-order valence-electron chi connectivity index (χ0n) is 14.2. The lowest BCUT2D eigenvalue weighted by Gasteiger charge is -2.20. The van der Waals surface area contributed by atoms with E-state index in [1.54, 1.807) is 0 Å². The van der Waals surface area contributed by atoms with E-state index in [-0.39, 0.29) is 12.7 Å². The lowest BCUT2D eigenvalue weighted by atomic mass is 10.1. The number of ether oxygens (including phenoxy) is 1. The lowest BCUT2D eigenvalue weighted by Crippen LogP contribution is -2.28. The predicted molar refractivity (Wildman–Crippen MR) is 93.9 cm³/mol. The first kappa shape index (κ1) is 19.7. The molecule has 0 saturated heterocycles. The molecule has 0 amide bonds. The maximum atomic E-state index is 10.3. The van der Waals surface area contributed by atoms with Crippen molar-refractivity contribution in [3.8, 4) is 11.8 Å². The molecule has 1 rings (SSSR count). The molecule has 2 atom stereocenters. The summed E-state index contributed by atoms with van der Waals surface area (Å²) in [5.41, 5.74) is 1.09. The molecule has 0 radical (unpaired) electrons. The van der Waals surface area contributed by atoms with Crippen molar-refractivity contribution in [2.75, 3.05) is 6.61 Å². The topological polar surface area (TPSA) is 49.7 Å². The molecule has 0 heterocycles. The average Bonchev–Trinajstić information content (AvgIpc) is 2.58. The molecule has 128 valence electrons. The molecular formula is C20H30O3. The van der Waals surface area contributed by atoms with Gasteiger partial charge in [-0.2, -0.15) is 0 Å². The molecule has 2 N–H and O–H groups in total. The van der Waals surface area contributed by atoms with Crippen LogP contribution in [-0.2, 0) is 11.3 Å². The summed E-state index contributed by atoms with van der Waals surface area (Å²) in [5, 5.41) is 19.2. The van der Waals surface area contributed by atoms with Gasteiger partial charge in [0, 0.05) is 13.0 Å². The van der Waals surface area contributed by atoms with Crippen molar-refractivity contribution in [1.29, 1.82) is 0 Å². The standard InChI is InChI=1S/C20H30O3/c1-2-3-4-5-9-14-19(22)20(15-10-11-16-21)23-17-18-12-7-6-8-13-18/h6-8,12-13,19-22H,2-5,10-11,15-17H2,1H3. The van der Waals surface area contributed by atoms with Crippen LogP contribution in [-0.4, -0.2) is 29.0 Å². The van der Waals surface area contributed by atoms with Gasteiger partial charge in [-0.15, -0.1) is 5.92 Å². The highest BCUT2D eigenvalue weighted by molar-refractivity contribution is 5.13. The van der Waals surface area contributed by atoms with Gasteiger partial charge in [-0.3, -0.25) is 0 Å². The SMILES string of the molecule is CCCCCC#CC(O)C(CCCCO)OCc1ccccc1. The Bertz CT molecular complexity index is 447. The van der Waals surface area contributed by atoms with E-state index < -0.39 is 6.10 Å². The molecule has 3 heteroatoms. The second kappa shape index (κ2) is 13.1. The predicted octanol–water partition coefficient (Wildman–Crippen LogP) is 3.68. The molecule has 3 nitrogen and oxygen atoms in total. The second-order valence-corrected chi connectivity index (χ2v) is 5.78. The highest BCUT2D eigenvalue weighted by Gasteiger charge is 2.17. The normalized spacial score (nSPS) is 13.2. The first-order chi connectivity index (χ1) is 11.3. The monoisotopic (exact) mass is 318 g/mol. The van der Waals surface area contributed by atoms with Crippen LogP contribution in [0.5, 0.6) is 0 Å². The summed E-state index contributed by atoms with van der Waals surface area (Å²) in [7, 11) is 0. The molecule has 0 saturated carbocycles. The molecule has 0 aromatic heterocycles. The Morgan fingerprint density at radius 2 is 1.87 bits per heavy atom. The summed E-state index contributed by atoms with van der Waals surface area (Å²) in [5.74, 6) is 5.98. The van der Waals surface area contributed by atoms with Crippen molar-refractivity contribution in [1.82, 2.24) is 0 Å².